The zero-order chi connectivity index (χ0) is 16.8. The van der Waals surface area contributed by atoms with E-state index in [1.165, 1.54) is 24.3 Å². The lowest BCUT2D eigenvalue weighted by Crippen LogP contribution is -2.25. The van der Waals surface area contributed by atoms with E-state index in [1.807, 2.05) is 0 Å². The maximum absolute atomic E-state index is 12.8. The number of nitrogens with one attached hydrogen (secondary N) is 1. The molecule has 0 saturated heterocycles. The monoisotopic (exact) mass is 336 g/mol. The van der Waals surface area contributed by atoms with E-state index in [9.17, 15) is 19.3 Å². The molecule has 2 aromatic rings. The number of nitrogens with zero attached hydrogens (tertiary/aromatic N) is 1. The van der Waals surface area contributed by atoms with E-state index in [2.05, 4.69) is 5.32 Å². The van der Waals surface area contributed by atoms with Gasteiger partial charge in [-0.1, -0.05) is 23.7 Å². The Morgan fingerprint density at radius 2 is 1.91 bits per heavy atom. The highest BCUT2D eigenvalue weighted by Crippen LogP contribution is 2.21. The van der Waals surface area contributed by atoms with Gasteiger partial charge in [-0.05, 0) is 36.6 Å². The van der Waals surface area contributed by atoms with Crippen LogP contribution in [-0.2, 0) is 6.42 Å². The molecule has 2 rings (SSSR count). The zero-order valence-electron chi connectivity index (χ0n) is 12.1. The Morgan fingerprint density at radius 3 is 2.57 bits per heavy atom. The molecule has 0 aliphatic carbocycles. The maximum atomic E-state index is 12.8. The first kappa shape index (κ1) is 16.9. The number of hydrogen-bond donors (Lipinski definition) is 1. The third-order valence-electron chi connectivity index (χ3n) is 3.25. The normalized spacial score (nSPS) is 10.3. The second-order valence-corrected chi connectivity index (χ2v) is 5.31. The molecule has 0 bridgehead atoms. The second-order valence-electron chi connectivity index (χ2n) is 4.91. The molecule has 2 aromatic carbocycles. The van der Waals surface area contributed by atoms with Crippen molar-refractivity contribution < 1.29 is 14.1 Å². The number of aryl methyl sites for hydroxylation is 1. The number of nitro benzene ring substituents is 1. The molecule has 0 radical (unpaired) electrons. The van der Waals surface area contributed by atoms with Crippen LogP contribution in [0.3, 0.4) is 0 Å². The van der Waals surface area contributed by atoms with Crippen molar-refractivity contribution in [2.75, 3.05) is 6.54 Å². The Balaban J connectivity index is 1.88. The molecular formula is C16H14ClFN2O3. The minimum Gasteiger partial charge on any atom is -0.352 e. The summed E-state index contributed by atoms with van der Waals surface area (Å²) in [5.41, 5.74) is 0.850. The topological polar surface area (TPSA) is 72.2 Å². The third kappa shape index (κ3) is 4.75. The van der Waals surface area contributed by atoms with Gasteiger partial charge in [0.2, 0.25) is 0 Å². The number of nitro groups is 1. The van der Waals surface area contributed by atoms with Crippen molar-refractivity contribution in [2.24, 2.45) is 0 Å². The summed E-state index contributed by atoms with van der Waals surface area (Å²) in [6.07, 6.45) is 1.34. The highest BCUT2D eigenvalue weighted by molar-refractivity contribution is 6.33. The lowest BCUT2D eigenvalue weighted by molar-refractivity contribution is -0.384. The van der Waals surface area contributed by atoms with Crippen molar-refractivity contribution >= 4 is 23.2 Å². The molecule has 1 amide bonds. The predicted molar refractivity (Wildman–Crippen MR) is 85.2 cm³/mol. The van der Waals surface area contributed by atoms with Crippen molar-refractivity contribution in [1.82, 2.24) is 5.32 Å². The molecule has 0 heterocycles. The number of halogens is 2. The van der Waals surface area contributed by atoms with Crippen LogP contribution in [0, 0.1) is 15.9 Å². The van der Waals surface area contributed by atoms with Crippen LogP contribution in [0.2, 0.25) is 5.02 Å². The van der Waals surface area contributed by atoms with Crippen molar-refractivity contribution in [2.45, 2.75) is 12.8 Å². The predicted octanol–water partition coefficient (Wildman–Crippen LogP) is 3.75. The lowest BCUT2D eigenvalue weighted by Gasteiger charge is -2.07. The minimum absolute atomic E-state index is 0.0719. The third-order valence-corrected chi connectivity index (χ3v) is 3.58. The Hall–Kier alpha value is -2.47. The number of hydrogen-bond acceptors (Lipinski definition) is 3. The number of carbonyl (C=O) groups excluding carboxylic acids is 1. The van der Waals surface area contributed by atoms with Crippen LogP contribution in [0.1, 0.15) is 22.3 Å². The fourth-order valence-corrected chi connectivity index (χ4v) is 2.24. The minimum atomic E-state index is -0.582. The average Bonchev–Trinajstić information content (AvgIpc) is 2.53. The SMILES string of the molecule is O=C(NCCCc1ccc(F)cc1)c1cc([N+](=O)[O-])ccc1Cl. The molecule has 0 unspecified atom stereocenters. The fraction of sp³-hybridized carbons (Fsp3) is 0.188. The molecular weight excluding hydrogens is 323 g/mol. The van der Waals surface area contributed by atoms with Gasteiger partial charge in [0.15, 0.2) is 0 Å². The highest BCUT2D eigenvalue weighted by atomic mass is 35.5. The van der Waals surface area contributed by atoms with Crippen LogP contribution in [-0.4, -0.2) is 17.4 Å². The summed E-state index contributed by atoms with van der Waals surface area (Å²) >= 11 is 5.90. The molecule has 0 atom stereocenters. The molecule has 0 spiro atoms. The molecule has 23 heavy (non-hydrogen) atoms. The second kappa shape index (κ2) is 7.69. The van der Waals surface area contributed by atoms with Crippen molar-refractivity contribution in [3.8, 4) is 0 Å². The number of benzene rings is 2. The van der Waals surface area contributed by atoms with Gasteiger partial charge < -0.3 is 5.32 Å². The van der Waals surface area contributed by atoms with Gasteiger partial charge in [-0.2, -0.15) is 0 Å². The van der Waals surface area contributed by atoms with Gasteiger partial charge in [-0.25, -0.2) is 4.39 Å². The number of amides is 1. The smallest absolute Gasteiger partial charge is 0.270 e. The Bertz CT molecular complexity index is 720. The van der Waals surface area contributed by atoms with Gasteiger partial charge >= 0.3 is 0 Å². The van der Waals surface area contributed by atoms with E-state index >= 15 is 0 Å². The molecule has 5 nitrogen and oxygen atoms in total. The first-order valence-electron chi connectivity index (χ1n) is 6.94. The zero-order valence-corrected chi connectivity index (χ0v) is 12.8. The van der Waals surface area contributed by atoms with E-state index in [0.717, 1.165) is 11.6 Å². The highest BCUT2D eigenvalue weighted by Gasteiger charge is 2.15. The molecule has 0 fully saturated rings. The molecule has 7 heteroatoms. The molecule has 0 aliphatic rings. The summed E-state index contributed by atoms with van der Waals surface area (Å²) in [6, 6.07) is 9.87. The van der Waals surface area contributed by atoms with Crippen molar-refractivity contribution in [3.05, 3.63) is 74.5 Å². The van der Waals surface area contributed by atoms with Gasteiger partial charge in [0, 0.05) is 18.7 Å². The molecule has 1 N–H and O–H groups in total. The molecule has 0 aromatic heterocycles. The van der Waals surface area contributed by atoms with E-state index < -0.39 is 10.8 Å². The van der Waals surface area contributed by atoms with Gasteiger partial charge in [0.25, 0.3) is 11.6 Å². The van der Waals surface area contributed by atoms with Gasteiger partial charge in [-0.15, -0.1) is 0 Å². The van der Waals surface area contributed by atoms with E-state index in [-0.39, 0.29) is 22.1 Å². The van der Waals surface area contributed by atoms with Crippen LogP contribution < -0.4 is 5.32 Å². The summed E-state index contributed by atoms with van der Waals surface area (Å²) in [5, 5.41) is 13.6. The van der Waals surface area contributed by atoms with Crippen LogP contribution in [0.4, 0.5) is 10.1 Å². The number of non-ortho nitro benzene ring substituents is 1. The summed E-state index contributed by atoms with van der Waals surface area (Å²) < 4.78 is 12.8. The molecule has 0 saturated carbocycles. The van der Waals surface area contributed by atoms with E-state index in [4.69, 9.17) is 11.6 Å². The van der Waals surface area contributed by atoms with Gasteiger partial charge in [0.05, 0.1) is 15.5 Å². The molecule has 0 aliphatic heterocycles. The van der Waals surface area contributed by atoms with Gasteiger partial charge in [-0.3, -0.25) is 14.9 Å². The summed E-state index contributed by atoms with van der Waals surface area (Å²) in [7, 11) is 0. The Kier molecular flexibility index (Phi) is 5.65. The van der Waals surface area contributed by atoms with E-state index in [1.54, 1.807) is 12.1 Å². The molecule has 120 valence electrons. The summed E-state index contributed by atoms with van der Waals surface area (Å²) in [5.74, 6) is -0.750. The Morgan fingerprint density at radius 1 is 1.22 bits per heavy atom. The fourth-order valence-electron chi connectivity index (χ4n) is 2.04. The van der Waals surface area contributed by atoms with Crippen LogP contribution >= 0.6 is 11.6 Å². The Labute approximate surface area is 137 Å². The first-order chi connectivity index (χ1) is 11.0. The quantitative estimate of drug-likeness (QED) is 0.496. The van der Waals surface area contributed by atoms with Crippen molar-refractivity contribution in [1.29, 1.82) is 0 Å². The van der Waals surface area contributed by atoms with Crippen LogP contribution in [0.15, 0.2) is 42.5 Å². The largest absolute Gasteiger partial charge is 0.352 e. The number of rotatable bonds is 6. The number of carbonyl (C=O) groups is 1. The van der Waals surface area contributed by atoms with Crippen molar-refractivity contribution in [3.63, 3.8) is 0 Å². The summed E-state index contributed by atoms with van der Waals surface area (Å²) in [6.45, 7) is 0.384. The van der Waals surface area contributed by atoms with E-state index in [0.29, 0.717) is 19.4 Å². The maximum Gasteiger partial charge on any atom is 0.270 e. The standard InChI is InChI=1S/C16H14ClFN2O3/c17-15-8-7-13(20(22)23)10-14(15)16(21)19-9-1-2-11-3-5-12(18)6-4-11/h3-8,10H,1-2,9H2,(H,19,21). The average molecular weight is 337 g/mol. The van der Waals surface area contributed by atoms with Gasteiger partial charge in [0.1, 0.15) is 5.82 Å². The van der Waals surface area contributed by atoms with Crippen LogP contribution in [0.25, 0.3) is 0 Å². The summed E-state index contributed by atoms with van der Waals surface area (Å²) in [4.78, 5) is 22.2. The lowest BCUT2D eigenvalue weighted by atomic mass is 10.1. The first-order valence-corrected chi connectivity index (χ1v) is 7.32. The van der Waals surface area contributed by atoms with Crippen LogP contribution in [0.5, 0.6) is 0 Å².